The van der Waals surface area contributed by atoms with Crippen molar-refractivity contribution in [3.63, 3.8) is 0 Å². The van der Waals surface area contributed by atoms with Crippen molar-refractivity contribution in [2.45, 2.75) is 12.3 Å². The number of benzene rings is 1. The third kappa shape index (κ3) is 3.96. The lowest BCUT2D eigenvalue weighted by molar-refractivity contribution is -0.120. The molecule has 1 atom stereocenters. The van der Waals surface area contributed by atoms with Gasteiger partial charge in [-0.25, -0.2) is 0 Å². The molecule has 0 spiro atoms. The quantitative estimate of drug-likeness (QED) is 0.772. The minimum Gasteiger partial charge on any atom is -0.320 e. The van der Waals surface area contributed by atoms with Gasteiger partial charge >= 0.3 is 0 Å². The van der Waals surface area contributed by atoms with Gasteiger partial charge in [0.05, 0.1) is 27.3 Å². The highest BCUT2D eigenvalue weighted by Gasteiger charge is 2.31. The summed E-state index contributed by atoms with van der Waals surface area (Å²) in [6, 6.07) is 13.0. The van der Waals surface area contributed by atoms with E-state index in [2.05, 4.69) is 11.4 Å². The first-order valence-corrected chi connectivity index (χ1v) is 9.72. The summed E-state index contributed by atoms with van der Waals surface area (Å²) in [6.45, 7) is 0. The molecule has 7 heteroatoms. The largest absolute Gasteiger partial charge is 0.320 e. The van der Waals surface area contributed by atoms with Crippen LogP contribution in [0, 0.1) is 11.3 Å². The van der Waals surface area contributed by atoms with Crippen molar-refractivity contribution in [1.29, 1.82) is 5.26 Å². The number of hydrogen-bond donors (Lipinski definition) is 1. The molecule has 0 radical (unpaired) electrons. The van der Waals surface area contributed by atoms with Crippen LogP contribution >= 0.6 is 34.7 Å². The maximum atomic E-state index is 12.2. The normalized spacial score (nSPS) is 17.1. The molecule has 3 rings (SSSR count). The summed E-state index contributed by atoms with van der Waals surface area (Å²) < 4.78 is 0. The average molecular weight is 389 g/mol. The molecule has 0 saturated carbocycles. The second-order valence-electron chi connectivity index (χ2n) is 5.37. The molecule has 126 valence electrons. The lowest BCUT2D eigenvalue weighted by Gasteiger charge is -2.25. The Morgan fingerprint density at radius 1 is 1.36 bits per heavy atom. The van der Waals surface area contributed by atoms with E-state index >= 15 is 0 Å². The Morgan fingerprint density at radius 2 is 2.16 bits per heavy atom. The van der Waals surface area contributed by atoms with Crippen molar-refractivity contribution < 1.29 is 9.59 Å². The maximum Gasteiger partial charge on any atom is 0.225 e. The molecule has 1 unspecified atom stereocenters. The Hall–Kier alpha value is -2.07. The van der Waals surface area contributed by atoms with Gasteiger partial charge in [-0.2, -0.15) is 5.26 Å². The third-order valence-corrected chi connectivity index (χ3v) is 6.05. The fourth-order valence-corrected chi connectivity index (χ4v) is 4.59. The van der Waals surface area contributed by atoms with Crippen LogP contribution < -0.4 is 5.32 Å². The zero-order valence-corrected chi connectivity index (χ0v) is 15.4. The number of ketones is 1. The highest BCUT2D eigenvalue weighted by atomic mass is 35.5. The Morgan fingerprint density at radius 3 is 2.84 bits per heavy atom. The zero-order chi connectivity index (χ0) is 17.8. The number of amides is 1. The van der Waals surface area contributed by atoms with Crippen LogP contribution in [-0.2, 0) is 4.79 Å². The summed E-state index contributed by atoms with van der Waals surface area (Å²) in [5.41, 5.74) is 1.19. The van der Waals surface area contributed by atoms with Crippen molar-refractivity contribution in [3.8, 4) is 6.07 Å². The van der Waals surface area contributed by atoms with E-state index < -0.39 is 5.92 Å². The molecule has 0 saturated heterocycles. The van der Waals surface area contributed by atoms with Crippen LogP contribution in [-0.4, -0.2) is 17.4 Å². The minimum atomic E-state index is -0.396. The van der Waals surface area contributed by atoms with Gasteiger partial charge < -0.3 is 5.32 Å². The number of nitrogens with zero attached hydrogens (tertiary/aromatic N) is 1. The molecule has 0 fully saturated rings. The molecular weight excluding hydrogens is 376 g/mol. The number of nitrogens with one attached hydrogen (secondary N) is 1. The molecule has 1 aromatic heterocycles. The second kappa shape index (κ2) is 7.87. The molecule has 1 N–H and O–H groups in total. The molecule has 0 bridgehead atoms. The van der Waals surface area contributed by atoms with Gasteiger partial charge in [0.2, 0.25) is 5.91 Å². The number of halogens is 1. The molecule has 25 heavy (non-hydrogen) atoms. The van der Waals surface area contributed by atoms with Gasteiger partial charge in [0.1, 0.15) is 0 Å². The smallest absolute Gasteiger partial charge is 0.225 e. The summed E-state index contributed by atoms with van der Waals surface area (Å²) in [4.78, 5) is 25.0. The molecule has 4 nitrogen and oxygen atoms in total. The van der Waals surface area contributed by atoms with Crippen molar-refractivity contribution in [2.75, 3.05) is 5.75 Å². The number of thioether (sulfide) groups is 1. The molecular formula is C18H13ClN2O2S2. The van der Waals surface area contributed by atoms with Crippen molar-refractivity contribution in [2.24, 2.45) is 0 Å². The maximum absolute atomic E-state index is 12.2. The molecule has 1 aromatic carbocycles. The van der Waals surface area contributed by atoms with Gasteiger partial charge in [-0.05, 0) is 23.1 Å². The first kappa shape index (κ1) is 17.7. The summed E-state index contributed by atoms with van der Waals surface area (Å²) in [5.74, 6) is -0.447. The van der Waals surface area contributed by atoms with E-state index in [1.165, 1.54) is 23.1 Å². The third-order valence-electron chi connectivity index (χ3n) is 3.78. The Bertz CT molecular complexity index is 885. The highest BCUT2D eigenvalue weighted by molar-refractivity contribution is 8.03. The number of carbonyl (C=O) groups excluding carboxylic acids is 2. The van der Waals surface area contributed by atoms with E-state index in [-0.39, 0.29) is 23.9 Å². The van der Waals surface area contributed by atoms with Gasteiger partial charge in [-0.15, -0.1) is 11.3 Å². The van der Waals surface area contributed by atoms with Crippen LogP contribution in [0.1, 0.15) is 27.6 Å². The Balaban J connectivity index is 1.87. The number of thiophene rings is 1. The van der Waals surface area contributed by atoms with Gasteiger partial charge in [0.15, 0.2) is 5.78 Å². The summed E-state index contributed by atoms with van der Waals surface area (Å²) in [5, 5.41) is 15.1. The summed E-state index contributed by atoms with van der Waals surface area (Å²) in [7, 11) is 0. The number of nitriles is 1. The van der Waals surface area contributed by atoms with Gasteiger partial charge in [0.25, 0.3) is 0 Å². The first-order chi connectivity index (χ1) is 12.1. The van der Waals surface area contributed by atoms with E-state index in [0.29, 0.717) is 20.5 Å². The van der Waals surface area contributed by atoms with Crippen LogP contribution in [0.2, 0.25) is 5.02 Å². The van der Waals surface area contributed by atoms with Crippen molar-refractivity contribution >= 4 is 46.4 Å². The monoisotopic (exact) mass is 388 g/mol. The van der Waals surface area contributed by atoms with Crippen LogP contribution in [0.25, 0.3) is 0 Å². The fraction of sp³-hybridized carbons (Fsp3) is 0.167. The number of rotatable bonds is 5. The fourth-order valence-electron chi connectivity index (χ4n) is 2.60. The number of allylic oxidation sites excluding steroid dienone is 1. The lowest BCUT2D eigenvalue weighted by atomic mass is 9.87. The molecule has 0 aliphatic carbocycles. The first-order valence-electron chi connectivity index (χ1n) is 7.48. The van der Waals surface area contributed by atoms with Crippen molar-refractivity contribution in [1.82, 2.24) is 5.32 Å². The van der Waals surface area contributed by atoms with Crippen LogP contribution in [0.15, 0.2) is 52.4 Å². The van der Waals surface area contributed by atoms with E-state index in [0.717, 1.165) is 5.56 Å². The minimum absolute atomic E-state index is 0.0288. The Kier molecular flexibility index (Phi) is 5.59. The van der Waals surface area contributed by atoms with E-state index in [9.17, 15) is 14.9 Å². The molecule has 2 heterocycles. The lowest BCUT2D eigenvalue weighted by Crippen LogP contribution is -2.31. The predicted octanol–water partition coefficient (Wildman–Crippen LogP) is 4.36. The van der Waals surface area contributed by atoms with Crippen LogP contribution in [0.3, 0.4) is 0 Å². The summed E-state index contributed by atoms with van der Waals surface area (Å²) in [6.07, 6.45) is 0.162. The SMILES string of the molecule is N#CC1=C(SCC(=O)c2cccs2)NC(=O)CC1c1ccccc1Cl. The van der Waals surface area contributed by atoms with Crippen LogP contribution in [0.4, 0.5) is 0 Å². The Labute approximate surface area is 158 Å². The molecule has 1 aliphatic rings. The number of Topliss-reactive ketones (excluding diaryl/α,β-unsaturated/α-hetero) is 1. The zero-order valence-electron chi connectivity index (χ0n) is 13.0. The standard InChI is InChI=1S/C18H13ClN2O2S2/c19-14-5-2-1-4-11(14)12-8-17(23)21-18(13(12)9-20)25-10-15(22)16-6-3-7-24-16/h1-7,12H,8,10H2,(H,21,23). The topological polar surface area (TPSA) is 70.0 Å². The highest BCUT2D eigenvalue weighted by Crippen LogP contribution is 2.38. The van der Waals surface area contributed by atoms with Gasteiger partial charge in [-0.1, -0.05) is 47.6 Å². The van der Waals surface area contributed by atoms with E-state index in [1.54, 1.807) is 18.2 Å². The number of hydrogen-bond acceptors (Lipinski definition) is 5. The van der Waals surface area contributed by atoms with Crippen LogP contribution in [0.5, 0.6) is 0 Å². The summed E-state index contributed by atoms with van der Waals surface area (Å²) >= 11 is 8.81. The van der Waals surface area contributed by atoms with Gasteiger partial charge in [0, 0.05) is 17.4 Å². The van der Waals surface area contributed by atoms with Crippen molar-refractivity contribution in [3.05, 3.63) is 67.8 Å². The van der Waals surface area contributed by atoms with Gasteiger partial charge in [-0.3, -0.25) is 9.59 Å². The number of carbonyl (C=O) groups is 2. The van der Waals surface area contributed by atoms with E-state index in [1.807, 2.05) is 23.6 Å². The average Bonchev–Trinajstić information content (AvgIpc) is 3.14. The van der Waals surface area contributed by atoms with E-state index in [4.69, 9.17) is 11.6 Å². The predicted molar refractivity (Wildman–Crippen MR) is 101 cm³/mol. The molecule has 2 aromatic rings. The molecule has 1 aliphatic heterocycles. The molecule has 1 amide bonds. The second-order valence-corrected chi connectivity index (χ2v) is 7.71.